The molecule has 0 atom stereocenters. The van der Waals surface area contributed by atoms with Crippen molar-refractivity contribution in [3.63, 3.8) is 0 Å². The second kappa shape index (κ2) is 1.79. The fourth-order valence-electron chi connectivity index (χ4n) is 1.15. The highest BCUT2D eigenvalue weighted by atomic mass is 14.2. The lowest BCUT2D eigenvalue weighted by Crippen LogP contribution is -2.11. The van der Waals surface area contributed by atoms with Crippen LogP contribution in [0.3, 0.4) is 0 Å². The van der Waals surface area contributed by atoms with Crippen molar-refractivity contribution in [2.75, 3.05) is 0 Å². The topological polar surface area (TPSA) is 0 Å². The van der Waals surface area contributed by atoms with Gasteiger partial charge in [0.2, 0.25) is 0 Å². The molecule has 0 aromatic carbocycles. The summed E-state index contributed by atoms with van der Waals surface area (Å²) in [5, 5.41) is 0.653. The van der Waals surface area contributed by atoms with Crippen LogP contribution in [0.15, 0.2) is 0 Å². The third-order valence-electron chi connectivity index (χ3n) is 2.59. The molecule has 1 saturated heterocycles. The third-order valence-corrected chi connectivity index (χ3v) is 2.59. The lowest BCUT2D eigenvalue weighted by Gasteiger charge is -2.19. The first-order valence-corrected chi connectivity index (χ1v) is 3.67. The van der Waals surface area contributed by atoms with E-state index in [1.807, 2.05) is 0 Å². The van der Waals surface area contributed by atoms with Crippen LogP contribution in [0.2, 0.25) is 18.0 Å². The molecule has 1 fully saturated rings. The van der Waals surface area contributed by atoms with Gasteiger partial charge in [0.15, 0.2) is 0 Å². The minimum atomic E-state index is 0.653. The van der Waals surface area contributed by atoms with E-state index in [0.29, 0.717) is 5.31 Å². The van der Waals surface area contributed by atoms with E-state index in [-0.39, 0.29) is 0 Å². The Morgan fingerprint density at radius 3 is 2.00 bits per heavy atom. The Bertz CT molecular complexity index is 82.4. The van der Waals surface area contributed by atoms with E-state index in [4.69, 9.17) is 0 Å². The van der Waals surface area contributed by atoms with E-state index in [1.165, 1.54) is 19.1 Å². The molecule has 0 aromatic rings. The molecule has 0 radical (unpaired) electrons. The summed E-state index contributed by atoms with van der Waals surface area (Å²) in [6.45, 7) is 8.11. The van der Waals surface area contributed by atoms with Gasteiger partial charge < -0.3 is 0 Å². The van der Waals surface area contributed by atoms with Gasteiger partial charge in [-0.15, -0.1) is 0 Å². The van der Waals surface area contributed by atoms with Crippen molar-refractivity contribution in [3.8, 4) is 0 Å². The molecule has 0 N–H and O–H groups in total. The van der Waals surface area contributed by atoms with Gasteiger partial charge in [-0.05, 0) is 0 Å². The highest BCUT2D eigenvalue weighted by molar-refractivity contribution is 6.72. The molecule has 0 amide bonds. The largest absolute Gasteiger partial charge is 0.144 e. The predicted molar refractivity (Wildman–Crippen MR) is 39.7 cm³/mol. The Morgan fingerprint density at radius 1 is 1.38 bits per heavy atom. The normalized spacial score (nSPS) is 19.1. The van der Waals surface area contributed by atoms with E-state index in [2.05, 4.69) is 20.8 Å². The van der Waals surface area contributed by atoms with Crippen LogP contribution < -0.4 is 0 Å². The standard InChI is InChI=1S/C7H15B/c1-4-7(2,3)8-5-6-8/h4-6H2,1-3H3. The molecule has 0 bridgehead atoms. The molecule has 0 spiro atoms. The molecule has 0 unspecified atom stereocenters. The van der Waals surface area contributed by atoms with Crippen LogP contribution in [0.1, 0.15) is 27.2 Å². The highest BCUT2D eigenvalue weighted by Crippen LogP contribution is 2.45. The number of rotatable bonds is 2. The van der Waals surface area contributed by atoms with Crippen LogP contribution >= 0.6 is 0 Å². The average molecular weight is 110 g/mol. The molecule has 0 saturated carbocycles. The van der Waals surface area contributed by atoms with Crippen molar-refractivity contribution in [1.29, 1.82) is 0 Å². The zero-order valence-corrected chi connectivity index (χ0v) is 6.20. The maximum Gasteiger partial charge on any atom is 0.144 e. The van der Waals surface area contributed by atoms with E-state index >= 15 is 0 Å². The fourth-order valence-corrected chi connectivity index (χ4v) is 1.15. The first-order valence-electron chi connectivity index (χ1n) is 3.67. The molecule has 1 aliphatic rings. The number of hydrogen-bond donors (Lipinski definition) is 0. The highest BCUT2D eigenvalue weighted by Gasteiger charge is 2.39. The predicted octanol–water partition coefficient (Wildman–Crippen LogP) is 2.69. The minimum Gasteiger partial charge on any atom is -0.0802 e. The van der Waals surface area contributed by atoms with Gasteiger partial charge in [0, 0.05) is 0 Å². The SMILES string of the molecule is CCC(C)(C)B1CC1. The van der Waals surface area contributed by atoms with Crippen LogP contribution in [0, 0.1) is 0 Å². The van der Waals surface area contributed by atoms with E-state index in [0.717, 1.165) is 6.71 Å². The molecule has 1 aliphatic heterocycles. The maximum absolute atomic E-state index is 2.38. The second-order valence-corrected chi connectivity index (χ2v) is 3.62. The third kappa shape index (κ3) is 1.07. The van der Waals surface area contributed by atoms with E-state index in [9.17, 15) is 0 Å². The van der Waals surface area contributed by atoms with Gasteiger partial charge in [-0.3, -0.25) is 0 Å². The summed E-state index contributed by atoms with van der Waals surface area (Å²) in [7, 11) is 0. The molecule has 0 aliphatic carbocycles. The van der Waals surface area contributed by atoms with Gasteiger partial charge in [0.05, 0.1) is 0 Å². The summed E-state index contributed by atoms with van der Waals surface area (Å²) >= 11 is 0. The van der Waals surface area contributed by atoms with Crippen LogP contribution in [0.25, 0.3) is 0 Å². The van der Waals surface area contributed by atoms with Crippen molar-refractivity contribution in [2.45, 2.75) is 45.1 Å². The average Bonchev–Trinajstić information content (AvgIpc) is 2.44. The maximum atomic E-state index is 2.38. The smallest absolute Gasteiger partial charge is 0.0802 e. The Balaban J connectivity index is 2.37. The van der Waals surface area contributed by atoms with Gasteiger partial charge in [0.25, 0.3) is 0 Å². The van der Waals surface area contributed by atoms with Crippen molar-refractivity contribution in [2.24, 2.45) is 0 Å². The van der Waals surface area contributed by atoms with Crippen molar-refractivity contribution < 1.29 is 0 Å². The first kappa shape index (κ1) is 6.19. The van der Waals surface area contributed by atoms with E-state index < -0.39 is 0 Å². The summed E-state index contributed by atoms with van der Waals surface area (Å²) in [5.41, 5.74) is 0. The van der Waals surface area contributed by atoms with Crippen LogP contribution in [0.4, 0.5) is 0 Å². The van der Waals surface area contributed by atoms with Gasteiger partial charge in [0.1, 0.15) is 6.71 Å². The molecule has 1 rings (SSSR count). The summed E-state index contributed by atoms with van der Waals surface area (Å²) in [4.78, 5) is 0. The zero-order valence-electron chi connectivity index (χ0n) is 6.20. The molecule has 1 heterocycles. The Hall–Kier alpha value is 0.0649. The van der Waals surface area contributed by atoms with Crippen LogP contribution in [-0.4, -0.2) is 6.71 Å². The molecular weight excluding hydrogens is 94.9 g/mol. The van der Waals surface area contributed by atoms with Gasteiger partial charge in [-0.2, -0.15) is 0 Å². The lowest BCUT2D eigenvalue weighted by molar-refractivity contribution is 0.642. The summed E-state index contributed by atoms with van der Waals surface area (Å²) in [6.07, 6.45) is 4.32. The molecule has 46 valence electrons. The van der Waals surface area contributed by atoms with Crippen LogP contribution in [-0.2, 0) is 0 Å². The first-order chi connectivity index (χ1) is 3.67. The molecule has 8 heavy (non-hydrogen) atoms. The Morgan fingerprint density at radius 2 is 1.88 bits per heavy atom. The molecule has 1 heteroatoms. The van der Waals surface area contributed by atoms with Gasteiger partial charge in [-0.1, -0.05) is 45.1 Å². The van der Waals surface area contributed by atoms with Crippen LogP contribution in [0.5, 0.6) is 0 Å². The van der Waals surface area contributed by atoms with Gasteiger partial charge in [-0.25, -0.2) is 0 Å². The monoisotopic (exact) mass is 110 g/mol. The quantitative estimate of drug-likeness (QED) is 0.479. The summed E-state index contributed by atoms with van der Waals surface area (Å²) in [5.74, 6) is 0. The van der Waals surface area contributed by atoms with Crippen molar-refractivity contribution in [3.05, 3.63) is 0 Å². The van der Waals surface area contributed by atoms with Crippen molar-refractivity contribution in [1.82, 2.24) is 0 Å². The number of hydrogen-bond acceptors (Lipinski definition) is 0. The Kier molecular flexibility index (Phi) is 1.38. The van der Waals surface area contributed by atoms with E-state index in [1.54, 1.807) is 0 Å². The molecule has 0 aromatic heterocycles. The fraction of sp³-hybridized carbons (Fsp3) is 1.00. The van der Waals surface area contributed by atoms with Crippen molar-refractivity contribution >= 4 is 6.71 Å². The molecular formula is C7H15B. The second-order valence-electron chi connectivity index (χ2n) is 3.62. The molecule has 0 nitrogen and oxygen atoms in total. The van der Waals surface area contributed by atoms with Gasteiger partial charge >= 0.3 is 0 Å². The summed E-state index contributed by atoms with van der Waals surface area (Å²) in [6, 6.07) is 0. The summed E-state index contributed by atoms with van der Waals surface area (Å²) < 4.78 is 0. The minimum absolute atomic E-state index is 0.653. The zero-order chi connectivity index (χ0) is 6.20. The lowest BCUT2D eigenvalue weighted by atomic mass is 9.47. The Labute approximate surface area is 52.7 Å².